The minimum atomic E-state index is -0.147. The number of hydrogen-bond donors (Lipinski definition) is 1. The minimum Gasteiger partial charge on any atom is -0.494 e. The Morgan fingerprint density at radius 3 is 2.33 bits per heavy atom. The fraction of sp³-hybridized carbons (Fsp3) is 0.375. The summed E-state index contributed by atoms with van der Waals surface area (Å²) in [6.07, 6.45) is 3.52. The largest absolute Gasteiger partial charge is 0.494 e. The summed E-state index contributed by atoms with van der Waals surface area (Å²) < 4.78 is 13.8. The van der Waals surface area contributed by atoms with Crippen LogP contribution in [-0.4, -0.2) is 35.2 Å². The topological polar surface area (TPSA) is 65.4 Å². The van der Waals surface area contributed by atoms with Crippen LogP contribution in [0, 0.1) is 0 Å². The summed E-state index contributed by atoms with van der Waals surface area (Å²) in [5.74, 6) is 2.43. The van der Waals surface area contributed by atoms with Crippen molar-refractivity contribution in [1.29, 1.82) is 0 Å². The number of imidazole rings is 1. The molecular weight excluding hydrogens is 510 g/mol. The van der Waals surface area contributed by atoms with E-state index in [2.05, 4.69) is 73.1 Å². The first-order valence-electron chi connectivity index (χ1n) is 13.6. The number of para-hydroxylation sites is 2. The Kier molecular flexibility index (Phi) is 9.88. The number of carbonyl (C=O) groups excluding carboxylic acids is 1. The van der Waals surface area contributed by atoms with E-state index < -0.39 is 0 Å². The Hall–Kier alpha value is -3.51. The summed E-state index contributed by atoms with van der Waals surface area (Å²) in [4.78, 5) is 17.0. The second-order valence-corrected chi connectivity index (χ2v) is 11.1. The van der Waals surface area contributed by atoms with E-state index in [9.17, 15) is 4.79 Å². The fourth-order valence-corrected chi connectivity index (χ4v) is 4.51. The number of halogens is 1. The van der Waals surface area contributed by atoms with Gasteiger partial charge in [-0.05, 0) is 78.8 Å². The Balaban J connectivity index is 1.22. The number of nitrogens with zero attached hydrogens (tertiary/aromatic N) is 2. The first-order valence-corrected chi connectivity index (χ1v) is 14.0. The van der Waals surface area contributed by atoms with Crippen LogP contribution >= 0.6 is 11.6 Å². The van der Waals surface area contributed by atoms with Crippen molar-refractivity contribution in [2.24, 2.45) is 0 Å². The van der Waals surface area contributed by atoms with Crippen molar-refractivity contribution in [2.45, 2.75) is 58.4 Å². The van der Waals surface area contributed by atoms with Crippen molar-refractivity contribution in [3.05, 3.63) is 89.2 Å². The van der Waals surface area contributed by atoms with Gasteiger partial charge in [0.25, 0.3) is 5.91 Å². The molecule has 1 amide bonds. The third kappa shape index (κ3) is 8.49. The lowest BCUT2D eigenvalue weighted by molar-refractivity contribution is -0.123. The van der Waals surface area contributed by atoms with Gasteiger partial charge in [0, 0.05) is 24.5 Å². The quantitative estimate of drug-likeness (QED) is 0.183. The van der Waals surface area contributed by atoms with Crippen molar-refractivity contribution in [3.63, 3.8) is 0 Å². The highest BCUT2D eigenvalue weighted by Crippen LogP contribution is 2.24. The molecule has 206 valence electrons. The number of amides is 1. The molecule has 1 N–H and O–H groups in total. The van der Waals surface area contributed by atoms with E-state index in [4.69, 9.17) is 26.1 Å². The molecule has 0 radical (unpaired) electrons. The lowest BCUT2D eigenvalue weighted by atomic mass is 9.87. The number of benzene rings is 3. The maximum absolute atomic E-state index is 12.2. The van der Waals surface area contributed by atoms with Crippen LogP contribution in [-0.2, 0) is 23.2 Å². The Morgan fingerprint density at radius 1 is 0.897 bits per heavy atom. The molecule has 0 saturated heterocycles. The van der Waals surface area contributed by atoms with Crippen molar-refractivity contribution in [1.82, 2.24) is 14.9 Å². The number of hydrogen-bond acceptors (Lipinski definition) is 4. The number of unbranched alkanes of at least 4 members (excludes halogenated alkanes) is 1. The van der Waals surface area contributed by atoms with Crippen LogP contribution in [0.3, 0.4) is 0 Å². The molecule has 0 saturated carbocycles. The monoisotopic (exact) mass is 547 g/mol. The Labute approximate surface area is 236 Å². The molecule has 0 aliphatic rings. The van der Waals surface area contributed by atoms with Gasteiger partial charge in [0.1, 0.15) is 17.3 Å². The number of ether oxygens (including phenoxy) is 2. The predicted molar refractivity (Wildman–Crippen MR) is 158 cm³/mol. The summed E-state index contributed by atoms with van der Waals surface area (Å²) in [5, 5.41) is 3.56. The lowest BCUT2D eigenvalue weighted by Crippen LogP contribution is -2.30. The average Bonchev–Trinajstić information content (AvgIpc) is 3.27. The molecule has 0 aliphatic carbocycles. The summed E-state index contributed by atoms with van der Waals surface area (Å²) in [6.45, 7) is 8.74. The van der Waals surface area contributed by atoms with Crippen LogP contribution in [0.5, 0.6) is 11.5 Å². The van der Waals surface area contributed by atoms with E-state index in [1.807, 2.05) is 6.07 Å². The van der Waals surface area contributed by atoms with Gasteiger partial charge in [-0.3, -0.25) is 4.79 Å². The smallest absolute Gasteiger partial charge is 0.257 e. The number of rotatable bonds is 13. The number of nitrogens with one attached hydrogen (secondary N) is 1. The van der Waals surface area contributed by atoms with E-state index in [0.717, 1.165) is 54.8 Å². The number of fused-ring (bicyclic) bond motifs is 1. The first kappa shape index (κ1) is 28.5. The van der Waals surface area contributed by atoms with Gasteiger partial charge in [0.15, 0.2) is 6.61 Å². The zero-order chi connectivity index (χ0) is 27.7. The molecule has 0 atom stereocenters. The molecule has 1 aromatic heterocycles. The van der Waals surface area contributed by atoms with Crippen LogP contribution in [0.1, 0.15) is 51.4 Å². The molecule has 4 aromatic rings. The highest BCUT2D eigenvalue weighted by Gasteiger charge is 2.13. The van der Waals surface area contributed by atoms with Crippen LogP contribution in [0.4, 0.5) is 0 Å². The molecule has 0 bridgehead atoms. The zero-order valence-electron chi connectivity index (χ0n) is 23.1. The molecule has 1 heterocycles. The highest BCUT2D eigenvalue weighted by molar-refractivity contribution is 6.30. The van der Waals surface area contributed by atoms with Gasteiger partial charge in [-0.1, -0.05) is 56.6 Å². The predicted octanol–water partition coefficient (Wildman–Crippen LogP) is 6.97. The van der Waals surface area contributed by atoms with Gasteiger partial charge >= 0.3 is 0 Å². The first-order chi connectivity index (χ1) is 18.8. The number of carbonyl (C=O) groups is 1. The molecular formula is C32H38ClN3O3. The fourth-order valence-electron chi connectivity index (χ4n) is 4.38. The van der Waals surface area contributed by atoms with E-state index >= 15 is 0 Å². The van der Waals surface area contributed by atoms with Gasteiger partial charge in [0.05, 0.1) is 17.6 Å². The van der Waals surface area contributed by atoms with E-state index in [1.165, 1.54) is 5.56 Å². The molecule has 7 heteroatoms. The van der Waals surface area contributed by atoms with Gasteiger partial charge in [-0.2, -0.15) is 0 Å². The third-order valence-corrected chi connectivity index (χ3v) is 6.83. The second-order valence-electron chi connectivity index (χ2n) is 10.7. The molecule has 4 rings (SSSR count). The molecule has 6 nitrogen and oxygen atoms in total. The molecule has 0 fully saturated rings. The van der Waals surface area contributed by atoms with Crippen molar-refractivity contribution < 1.29 is 14.3 Å². The molecule has 0 spiro atoms. The Morgan fingerprint density at radius 2 is 1.59 bits per heavy atom. The summed E-state index contributed by atoms with van der Waals surface area (Å²) in [6, 6.07) is 23.6. The van der Waals surface area contributed by atoms with E-state index in [0.29, 0.717) is 23.9 Å². The van der Waals surface area contributed by atoms with Gasteiger partial charge < -0.3 is 19.4 Å². The number of aryl methyl sites for hydroxylation is 2. The van der Waals surface area contributed by atoms with Crippen molar-refractivity contribution in [2.75, 3.05) is 19.8 Å². The van der Waals surface area contributed by atoms with Gasteiger partial charge in [-0.25, -0.2) is 4.98 Å². The van der Waals surface area contributed by atoms with Crippen molar-refractivity contribution >= 4 is 28.5 Å². The maximum Gasteiger partial charge on any atom is 0.257 e. The highest BCUT2D eigenvalue weighted by atomic mass is 35.5. The van der Waals surface area contributed by atoms with E-state index in [-0.39, 0.29) is 17.9 Å². The summed E-state index contributed by atoms with van der Waals surface area (Å²) in [7, 11) is 0. The molecule has 39 heavy (non-hydrogen) atoms. The SMILES string of the molecule is CC(C)(C)c1ccc(OCCCCn2c(CCCNC(=O)COc3ccc(Cl)cc3)nc3ccccc32)cc1. The average molecular weight is 548 g/mol. The number of aromatic nitrogens is 2. The Bertz CT molecular complexity index is 1340. The minimum absolute atomic E-state index is 0.0249. The van der Waals surface area contributed by atoms with E-state index in [1.54, 1.807) is 24.3 Å². The van der Waals surface area contributed by atoms with Crippen LogP contribution in [0.15, 0.2) is 72.8 Å². The zero-order valence-corrected chi connectivity index (χ0v) is 23.8. The lowest BCUT2D eigenvalue weighted by Gasteiger charge is -2.19. The molecule has 0 unspecified atom stereocenters. The van der Waals surface area contributed by atoms with Crippen LogP contribution in [0.25, 0.3) is 11.0 Å². The second kappa shape index (κ2) is 13.5. The maximum atomic E-state index is 12.2. The van der Waals surface area contributed by atoms with Crippen molar-refractivity contribution in [3.8, 4) is 11.5 Å². The normalized spacial score (nSPS) is 11.5. The van der Waals surface area contributed by atoms with Crippen LogP contribution < -0.4 is 14.8 Å². The van der Waals surface area contributed by atoms with Gasteiger partial charge in [0.2, 0.25) is 0 Å². The molecule has 0 aliphatic heterocycles. The van der Waals surface area contributed by atoms with Crippen LogP contribution in [0.2, 0.25) is 5.02 Å². The standard InChI is InChI=1S/C32H38ClN3O3/c1-32(2,3)24-12-16-26(17-13-24)38-22-7-6-21-36-29-10-5-4-9-28(29)35-30(36)11-8-20-34-31(37)23-39-27-18-14-25(33)15-19-27/h4-5,9-10,12-19H,6-8,11,20-23H2,1-3H3,(H,34,37). The van der Waals surface area contributed by atoms with Gasteiger partial charge in [-0.15, -0.1) is 0 Å². The summed E-state index contributed by atoms with van der Waals surface area (Å²) >= 11 is 5.88. The third-order valence-electron chi connectivity index (χ3n) is 6.58. The summed E-state index contributed by atoms with van der Waals surface area (Å²) in [5.41, 5.74) is 3.59. The molecule has 3 aromatic carbocycles.